The number of hydrogen-bond acceptors (Lipinski definition) is 6. The number of rotatable bonds is 4. The Labute approximate surface area is 120 Å². The smallest absolute Gasteiger partial charge is 0.336 e. The normalized spacial score (nSPS) is 14.2. The van der Waals surface area contributed by atoms with E-state index in [4.69, 9.17) is 18.6 Å². The molecular weight excluding hydrogens is 276 g/mol. The molecule has 0 radical (unpaired) electrons. The third-order valence-corrected chi connectivity index (χ3v) is 3.16. The molecule has 110 valence electrons. The van der Waals surface area contributed by atoms with Crippen molar-refractivity contribution in [2.75, 3.05) is 13.4 Å². The van der Waals surface area contributed by atoms with Gasteiger partial charge in [0.05, 0.1) is 0 Å². The van der Waals surface area contributed by atoms with Crippen molar-refractivity contribution in [2.45, 2.75) is 13.0 Å². The molecule has 0 aliphatic carbocycles. The number of benzene rings is 1. The van der Waals surface area contributed by atoms with Crippen LogP contribution in [0, 0.1) is 0 Å². The fraction of sp³-hybridized carbons (Fsp3) is 0.267. The van der Waals surface area contributed by atoms with Crippen LogP contribution in [0.25, 0.3) is 11.0 Å². The van der Waals surface area contributed by atoms with Crippen molar-refractivity contribution in [3.05, 3.63) is 40.8 Å². The molecule has 1 aromatic carbocycles. The average molecular weight is 290 g/mol. The third-order valence-electron chi connectivity index (χ3n) is 3.16. The molecule has 21 heavy (non-hydrogen) atoms. The quantitative estimate of drug-likeness (QED) is 0.684. The molecule has 0 unspecified atom stereocenters. The summed E-state index contributed by atoms with van der Waals surface area (Å²) in [5.74, 6) is 1.12. The Balaban J connectivity index is 2.02. The van der Waals surface area contributed by atoms with E-state index in [0.717, 1.165) is 0 Å². The molecule has 0 spiro atoms. The van der Waals surface area contributed by atoms with Gasteiger partial charge in [-0.3, -0.25) is 0 Å². The van der Waals surface area contributed by atoms with Gasteiger partial charge in [0.25, 0.3) is 0 Å². The molecule has 6 heteroatoms. The molecule has 1 aromatic heterocycles. The minimum Gasteiger partial charge on any atom is -0.486 e. The summed E-state index contributed by atoms with van der Waals surface area (Å²) in [5, 5.41) is 10.4. The lowest BCUT2D eigenvalue weighted by atomic mass is 10.2. The van der Waals surface area contributed by atoms with Gasteiger partial charge in [-0.15, -0.1) is 0 Å². The Morgan fingerprint density at radius 1 is 1.43 bits per heavy atom. The van der Waals surface area contributed by atoms with Crippen LogP contribution >= 0.6 is 0 Å². The summed E-state index contributed by atoms with van der Waals surface area (Å²) in [7, 11) is 0. The van der Waals surface area contributed by atoms with Crippen LogP contribution < -0.4 is 19.8 Å². The maximum absolute atomic E-state index is 11.3. The number of fused-ring (bicyclic) bond motifs is 3. The van der Waals surface area contributed by atoms with Crippen molar-refractivity contribution >= 4 is 11.0 Å². The summed E-state index contributed by atoms with van der Waals surface area (Å²) in [5.41, 5.74) is 0.463. The molecule has 6 nitrogen and oxygen atoms in total. The van der Waals surface area contributed by atoms with Crippen molar-refractivity contribution in [2.24, 2.45) is 0 Å². The first-order valence-corrected chi connectivity index (χ1v) is 6.39. The molecule has 1 atom stereocenters. The zero-order chi connectivity index (χ0) is 15.0. The summed E-state index contributed by atoms with van der Waals surface area (Å²) in [6, 6.07) is 4.61. The maximum Gasteiger partial charge on any atom is 0.336 e. The lowest BCUT2D eigenvalue weighted by molar-refractivity contribution is 0.130. The first-order chi connectivity index (χ1) is 10.1. The largest absolute Gasteiger partial charge is 0.486 e. The van der Waals surface area contributed by atoms with E-state index >= 15 is 0 Å². The molecule has 3 rings (SSSR count). The minimum atomic E-state index is -0.771. The molecule has 2 aromatic rings. The Hall–Kier alpha value is -2.47. The van der Waals surface area contributed by atoms with Crippen LogP contribution in [-0.4, -0.2) is 24.6 Å². The highest BCUT2D eigenvalue weighted by Gasteiger charge is 2.25. The highest BCUT2D eigenvalue weighted by Crippen LogP contribution is 2.46. The molecule has 1 N–H and O–H groups in total. The molecule has 0 saturated carbocycles. The first kappa shape index (κ1) is 13.5. The second-order valence-corrected chi connectivity index (χ2v) is 4.79. The van der Waals surface area contributed by atoms with Crippen LogP contribution in [-0.2, 0) is 0 Å². The van der Waals surface area contributed by atoms with Gasteiger partial charge in [-0.25, -0.2) is 4.79 Å². The van der Waals surface area contributed by atoms with Crippen LogP contribution in [0.3, 0.4) is 0 Å². The van der Waals surface area contributed by atoms with E-state index in [9.17, 15) is 9.90 Å². The van der Waals surface area contributed by atoms with Gasteiger partial charge in [0.2, 0.25) is 18.3 Å². The van der Waals surface area contributed by atoms with Crippen LogP contribution in [0.4, 0.5) is 0 Å². The molecule has 0 saturated heterocycles. The SMILES string of the molecule is C=C(C)[C@@H](O)COc1cc2ccc(=O)oc2c2c1OCO2. The van der Waals surface area contributed by atoms with Gasteiger partial charge in [0, 0.05) is 11.5 Å². The van der Waals surface area contributed by atoms with Crippen molar-refractivity contribution in [1.82, 2.24) is 0 Å². The fourth-order valence-corrected chi connectivity index (χ4v) is 1.97. The summed E-state index contributed by atoms with van der Waals surface area (Å²) in [4.78, 5) is 11.3. The highest BCUT2D eigenvalue weighted by atomic mass is 16.7. The summed E-state index contributed by atoms with van der Waals surface area (Å²) in [6.07, 6.45) is -0.771. The molecule has 0 fully saturated rings. The minimum absolute atomic E-state index is 0.0203. The fourth-order valence-electron chi connectivity index (χ4n) is 1.97. The highest BCUT2D eigenvalue weighted by molar-refractivity contribution is 5.88. The van der Waals surface area contributed by atoms with Crippen molar-refractivity contribution in [3.8, 4) is 17.2 Å². The molecule has 1 aliphatic heterocycles. The van der Waals surface area contributed by atoms with E-state index < -0.39 is 11.7 Å². The number of aliphatic hydroxyl groups excluding tert-OH is 1. The monoisotopic (exact) mass is 290 g/mol. The van der Waals surface area contributed by atoms with Gasteiger partial charge in [-0.05, 0) is 24.6 Å². The third kappa shape index (κ3) is 2.45. The lowest BCUT2D eigenvalue weighted by Gasteiger charge is -2.14. The van der Waals surface area contributed by atoms with Crippen LogP contribution in [0.15, 0.2) is 39.6 Å². The summed E-state index contributed by atoms with van der Waals surface area (Å²) in [6.45, 7) is 5.45. The van der Waals surface area contributed by atoms with Gasteiger partial charge < -0.3 is 23.7 Å². The first-order valence-electron chi connectivity index (χ1n) is 6.39. The Morgan fingerprint density at radius 3 is 2.95 bits per heavy atom. The van der Waals surface area contributed by atoms with Gasteiger partial charge in [0.15, 0.2) is 11.3 Å². The predicted octanol–water partition coefficient (Wildman–Crippen LogP) is 1.84. The van der Waals surface area contributed by atoms with Crippen molar-refractivity contribution in [3.63, 3.8) is 0 Å². The lowest BCUT2D eigenvalue weighted by Crippen LogP contribution is -2.18. The van der Waals surface area contributed by atoms with E-state index in [0.29, 0.717) is 33.8 Å². The van der Waals surface area contributed by atoms with Crippen LogP contribution in [0.2, 0.25) is 0 Å². The van der Waals surface area contributed by atoms with E-state index in [1.165, 1.54) is 6.07 Å². The topological polar surface area (TPSA) is 78.1 Å². The van der Waals surface area contributed by atoms with E-state index in [1.54, 1.807) is 19.1 Å². The van der Waals surface area contributed by atoms with Gasteiger partial charge in [0.1, 0.15) is 12.7 Å². The predicted molar refractivity (Wildman–Crippen MR) is 74.9 cm³/mol. The second kappa shape index (κ2) is 5.14. The summed E-state index contributed by atoms with van der Waals surface area (Å²) < 4.78 is 21.4. The van der Waals surface area contributed by atoms with Gasteiger partial charge in [-0.2, -0.15) is 0 Å². The van der Waals surface area contributed by atoms with Crippen molar-refractivity contribution in [1.29, 1.82) is 0 Å². The average Bonchev–Trinajstić information content (AvgIpc) is 2.94. The molecule has 0 amide bonds. The molecule has 2 heterocycles. The van der Waals surface area contributed by atoms with E-state index in [-0.39, 0.29) is 13.4 Å². The van der Waals surface area contributed by atoms with Gasteiger partial charge in [-0.1, -0.05) is 6.58 Å². The van der Waals surface area contributed by atoms with Crippen LogP contribution in [0.1, 0.15) is 6.92 Å². The van der Waals surface area contributed by atoms with Crippen LogP contribution in [0.5, 0.6) is 17.2 Å². The Bertz CT molecular complexity index is 761. The second-order valence-electron chi connectivity index (χ2n) is 4.79. The van der Waals surface area contributed by atoms with Gasteiger partial charge >= 0.3 is 5.63 Å². The molecule has 1 aliphatic rings. The summed E-state index contributed by atoms with van der Waals surface area (Å²) >= 11 is 0. The number of hydrogen-bond donors (Lipinski definition) is 1. The number of aliphatic hydroxyl groups is 1. The maximum atomic E-state index is 11.3. The molecular formula is C15H14O6. The molecule has 0 bridgehead atoms. The zero-order valence-electron chi connectivity index (χ0n) is 11.4. The number of ether oxygens (including phenoxy) is 3. The van der Waals surface area contributed by atoms with Crippen molar-refractivity contribution < 1.29 is 23.7 Å². The zero-order valence-corrected chi connectivity index (χ0v) is 11.4. The Morgan fingerprint density at radius 2 is 2.19 bits per heavy atom. The standard InChI is InChI=1S/C15H14O6/c1-8(2)10(16)6-18-11-5-9-3-4-12(17)21-13(9)15-14(11)19-7-20-15/h3-5,10,16H,1,6-7H2,2H3/t10-/m0/s1. The van der Waals surface area contributed by atoms with E-state index in [2.05, 4.69) is 6.58 Å². The van der Waals surface area contributed by atoms with E-state index in [1.807, 2.05) is 0 Å². The Kier molecular flexibility index (Phi) is 3.31.